The number of rotatable bonds is 4. The first-order valence-corrected chi connectivity index (χ1v) is 5.06. The molecule has 1 rings (SSSR count). The Bertz CT molecular complexity index is 477. The fraction of sp³-hybridized carbons (Fsp3) is 0.400. The molecular weight excluding hydrogens is 272 g/mol. The van der Waals surface area contributed by atoms with Crippen LogP contribution in [0.15, 0.2) is 6.07 Å². The molecule has 0 aliphatic heterocycles. The number of nitrogens with two attached hydrogens (primary N) is 1. The quantitative estimate of drug-likeness (QED) is 0.677. The van der Waals surface area contributed by atoms with Crippen molar-refractivity contribution in [3.05, 3.63) is 17.5 Å². The van der Waals surface area contributed by atoms with Gasteiger partial charge in [-0.15, -0.1) is 13.2 Å². The molecule has 5 nitrogen and oxygen atoms in total. The number of nitrogens with zero attached hydrogens (tertiary/aromatic N) is 1. The first kappa shape index (κ1) is 15.0. The van der Waals surface area contributed by atoms with Crippen LogP contribution in [-0.2, 0) is 11.4 Å². The van der Waals surface area contributed by atoms with Crippen LogP contribution in [-0.4, -0.2) is 23.9 Å². The smallest absolute Gasteiger partial charge is 0.461 e. The third-order valence-corrected chi connectivity index (χ3v) is 1.91. The van der Waals surface area contributed by atoms with E-state index in [0.717, 1.165) is 0 Å². The van der Waals surface area contributed by atoms with Crippen molar-refractivity contribution in [3.8, 4) is 5.75 Å². The summed E-state index contributed by atoms with van der Waals surface area (Å²) in [6.45, 7) is 0.190. The summed E-state index contributed by atoms with van der Waals surface area (Å²) in [7, 11) is 0. The largest absolute Gasteiger partial charge is 0.573 e. The van der Waals surface area contributed by atoms with Gasteiger partial charge in [-0.1, -0.05) is 0 Å². The fourth-order valence-corrected chi connectivity index (χ4v) is 1.22. The maximum Gasteiger partial charge on any atom is 0.573 e. The molecule has 0 atom stereocenters. The number of anilines is 1. The number of halogens is 4. The number of nitrogen functional groups attached to an aromatic ring is 1. The summed E-state index contributed by atoms with van der Waals surface area (Å²) >= 11 is 0. The van der Waals surface area contributed by atoms with E-state index in [1.54, 1.807) is 0 Å². The van der Waals surface area contributed by atoms with Crippen LogP contribution in [0.2, 0.25) is 0 Å². The average molecular weight is 282 g/mol. The van der Waals surface area contributed by atoms with Gasteiger partial charge < -0.3 is 15.2 Å². The fourth-order valence-electron chi connectivity index (χ4n) is 1.22. The number of carbonyl (C=O) groups is 1. The van der Waals surface area contributed by atoms with Crippen molar-refractivity contribution in [2.45, 2.75) is 20.0 Å². The minimum Gasteiger partial charge on any atom is -0.461 e. The number of hydrogen-bond acceptors (Lipinski definition) is 5. The van der Waals surface area contributed by atoms with Crippen LogP contribution < -0.4 is 10.5 Å². The standard InChI is InChI=1S/C10H10F4N2O3/c1-2-18-9(17)8-5(15)3-7(6(4-11)16-8)19-10(12,13)14/h3H,2,4,15H2,1H3. The van der Waals surface area contributed by atoms with Gasteiger partial charge in [-0.2, -0.15) is 0 Å². The van der Waals surface area contributed by atoms with Crippen LogP contribution in [0.1, 0.15) is 23.1 Å². The van der Waals surface area contributed by atoms with Gasteiger partial charge in [0.25, 0.3) is 0 Å². The summed E-state index contributed by atoms with van der Waals surface area (Å²) in [5.74, 6) is -1.84. The van der Waals surface area contributed by atoms with Crippen molar-refractivity contribution in [2.75, 3.05) is 12.3 Å². The highest BCUT2D eigenvalue weighted by molar-refractivity contribution is 5.93. The summed E-state index contributed by atoms with van der Waals surface area (Å²) in [5.41, 5.74) is 3.83. The highest BCUT2D eigenvalue weighted by Gasteiger charge is 2.33. The summed E-state index contributed by atoms with van der Waals surface area (Å²) in [6.07, 6.45) is -5.01. The number of pyridine rings is 1. The molecule has 1 aromatic heterocycles. The number of ether oxygens (including phenoxy) is 2. The lowest BCUT2D eigenvalue weighted by atomic mass is 10.2. The van der Waals surface area contributed by atoms with E-state index in [2.05, 4.69) is 14.5 Å². The molecule has 1 heterocycles. The normalized spacial score (nSPS) is 11.2. The molecule has 0 spiro atoms. The molecule has 0 unspecified atom stereocenters. The molecule has 2 N–H and O–H groups in total. The molecule has 19 heavy (non-hydrogen) atoms. The third kappa shape index (κ3) is 3.97. The van der Waals surface area contributed by atoms with Gasteiger partial charge in [0.1, 0.15) is 12.4 Å². The molecule has 9 heteroatoms. The molecule has 0 saturated heterocycles. The topological polar surface area (TPSA) is 74.4 Å². The number of carbonyl (C=O) groups excluding carboxylic acids is 1. The zero-order chi connectivity index (χ0) is 14.6. The lowest BCUT2D eigenvalue weighted by Crippen LogP contribution is -2.20. The Morgan fingerprint density at radius 1 is 1.47 bits per heavy atom. The van der Waals surface area contributed by atoms with E-state index in [-0.39, 0.29) is 6.61 Å². The van der Waals surface area contributed by atoms with Crippen LogP contribution in [0.25, 0.3) is 0 Å². The van der Waals surface area contributed by atoms with Crippen LogP contribution >= 0.6 is 0 Å². The molecule has 0 amide bonds. The molecule has 0 bridgehead atoms. The van der Waals surface area contributed by atoms with Crippen molar-refractivity contribution in [1.29, 1.82) is 0 Å². The summed E-state index contributed by atoms with van der Waals surface area (Å²) in [6, 6.07) is 0.682. The first-order chi connectivity index (χ1) is 8.78. The van der Waals surface area contributed by atoms with E-state index in [4.69, 9.17) is 5.73 Å². The number of aromatic nitrogens is 1. The number of hydrogen-bond donors (Lipinski definition) is 1. The van der Waals surface area contributed by atoms with Crippen molar-refractivity contribution >= 4 is 11.7 Å². The van der Waals surface area contributed by atoms with E-state index in [9.17, 15) is 22.4 Å². The Hall–Kier alpha value is -2.06. The molecule has 1 aromatic rings. The Kier molecular flexibility index (Phi) is 4.52. The Labute approximate surface area is 105 Å². The van der Waals surface area contributed by atoms with Gasteiger partial charge in [-0.3, -0.25) is 0 Å². The van der Waals surface area contributed by atoms with E-state index in [0.29, 0.717) is 6.07 Å². The second-order valence-corrected chi connectivity index (χ2v) is 3.27. The summed E-state index contributed by atoms with van der Waals surface area (Å²) < 4.78 is 57.0. The second-order valence-electron chi connectivity index (χ2n) is 3.27. The lowest BCUT2D eigenvalue weighted by Gasteiger charge is -2.13. The predicted molar refractivity (Wildman–Crippen MR) is 56.1 cm³/mol. The lowest BCUT2D eigenvalue weighted by molar-refractivity contribution is -0.275. The van der Waals surface area contributed by atoms with Gasteiger partial charge >= 0.3 is 12.3 Å². The predicted octanol–water partition coefficient (Wildman–Crippen LogP) is 2.21. The Morgan fingerprint density at radius 3 is 2.58 bits per heavy atom. The van der Waals surface area contributed by atoms with Crippen LogP contribution in [0.4, 0.5) is 23.2 Å². The molecule has 0 saturated carbocycles. The van der Waals surface area contributed by atoms with Crippen LogP contribution in [0, 0.1) is 0 Å². The maximum atomic E-state index is 12.6. The van der Waals surface area contributed by atoms with Gasteiger partial charge in [-0.05, 0) is 6.92 Å². The van der Waals surface area contributed by atoms with Crippen LogP contribution in [0.3, 0.4) is 0 Å². The van der Waals surface area contributed by atoms with E-state index in [1.165, 1.54) is 6.92 Å². The van der Waals surface area contributed by atoms with Crippen molar-refractivity contribution < 1.29 is 31.8 Å². The SMILES string of the molecule is CCOC(=O)c1nc(CF)c(OC(F)(F)F)cc1N. The molecular formula is C10H10F4N2O3. The first-order valence-electron chi connectivity index (χ1n) is 5.06. The molecule has 0 aliphatic rings. The van der Waals surface area contributed by atoms with Gasteiger partial charge in [0.15, 0.2) is 11.4 Å². The van der Waals surface area contributed by atoms with Crippen molar-refractivity contribution in [1.82, 2.24) is 4.98 Å². The molecule has 106 valence electrons. The van der Waals surface area contributed by atoms with Gasteiger partial charge in [0.2, 0.25) is 0 Å². The van der Waals surface area contributed by atoms with E-state index >= 15 is 0 Å². The zero-order valence-electron chi connectivity index (χ0n) is 9.75. The average Bonchev–Trinajstić information content (AvgIpc) is 2.27. The van der Waals surface area contributed by atoms with E-state index in [1.807, 2.05) is 0 Å². The summed E-state index contributed by atoms with van der Waals surface area (Å²) in [5, 5.41) is 0. The molecule has 0 radical (unpaired) electrons. The van der Waals surface area contributed by atoms with Crippen molar-refractivity contribution in [2.24, 2.45) is 0 Å². The third-order valence-electron chi connectivity index (χ3n) is 1.91. The summed E-state index contributed by atoms with van der Waals surface area (Å²) in [4.78, 5) is 14.8. The van der Waals surface area contributed by atoms with E-state index < -0.39 is 41.8 Å². The van der Waals surface area contributed by atoms with Gasteiger partial charge in [0.05, 0.1) is 12.3 Å². The molecule has 0 aromatic carbocycles. The van der Waals surface area contributed by atoms with Crippen LogP contribution in [0.5, 0.6) is 5.75 Å². The van der Waals surface area contributed by atoms with Crippen molar-refractivity contribution in [3.63, 3.8) is 0 Å². The Morgan fingerprint density at radius 2 is 2.11 bits per heavy atom. The van der Waals surface area contributed by atoms with Gasteiger partial charge in [-0.25, -0.2) is 14.2 Å². The second kappa shape index (κ2) is 5.72. The Balaban J connectivity index is 3.17. The monoisotopic (exact) mass is 282 g/mol. The zero-order valence-corrected chi connectivity index (χ0v) is 9.75. The van der Waals surface area contributed by atoms with Gasteiger partial charge in [0, 0.05) is 6.07 Å². The highest BCUT2D eigenvalue weighted by Crippen LogP contribution is 2.29. The number of esters is 1. The minimum absolute atomic E-state index is 0.0196. The molecule has 0 aliphatic carbocycles. The minimum atomic E-state index is -5.01. The highest BCUT2D eigenvalue weighted by atomic mass is 19.4. The maximum absolute atomic E-state index is 12.6. The number of alkyl halides is 4. The molecule has 0 fully saturated rings.